The summed E-state index contributed by atoms with van der Waals surface area (Å²) in [6, 6.07) is 1.76. The molecule has 2 rings (SSSR count). The fraction of sp³-hybridized carbons (Fsp3) is 0.400. The van der Waals surface area contributed by atoms with Crippen LogP contribution < -0.4 is 15.4 Å². The minimum atomic E-state index is -0.327. The van der Waals surface area contributed by atoms with Gasteiger partial charge in [-0.2, -0.15) is 5.10 Å². The molecule has 23 heavy (non-hydrogen) atoms. The van der Waals surface area contributed by atoms with E-state index < -0.39 is 0 Å². The molecule has 7 nitrogen and oxygen atoms in total. The van der Waals surface area contributed by atoms with Crippen LogP contribution in [0.3, 0.4) is 0 Å². The van der Waals surface area contributed by atoms with Gasteiger partial charge in [-0.15, -0.1) is 11.3 Å². The second kappa shape index (κ2) is 7.77. The lowest BCUT2D eigenvalue weighted by molar-refractivity contribution is 0.0959. The number of aryl methyl sites for hydroxylation is 1. The van der Waals surface area contributed by atoms with Crippen LogP contribution in [0.15, 0.2) is 11.4 Å². The van der Waals surface area contributed by atoms with E-state index in [0.29, 0.717) is 35.0 Å². The van der Waals surface area contributed by atoms with E-state index in [1.165, 1.54) is 18.4 Å². The summed E-state index contributed by atoms with van der Waals surface area (Å²) in [5.74, 6) is -0.101. The van der Waals surface area contributed by atoms with E-state index in [1.54, 1.807) is 11.4 Å². The first-order valence-corrected chi connectivity index (χ1v) is 8.31. The van der Waals surface area contributed by atoms with Crippen LogP contribution in [-0.4, -0.2) is 35.7 Å². The van der Waals surface area contributed by atoms with Gasteiger partial charge in [0, 0.05) is 7.05 Å². The molecule has 0 saturated carbocycles. The maximum atomic E-state index is 12.5. The van der Waals surface area contributed by atoms with E-state index in [-0.39, 0.29) is 17.5 Å². The van der Waals surface area contributed by atoms with Crippen LogP contribution in [-0.2, 0) is 6.42 Å². The van der Waals surface area contributed by atoms with Crippen molar-refractivity contribution in [3.63, 3.8) is 0 Å². The molecule has 8 heteroatoms. The van der Waals surface area contributed by atoms with Gasteiger partial charge in [0.1, 0.15) is 16.3 Å². The average molecular weight is 336 g/mol. The van der Waals surface area contributed by atoms with Gasteiger partial charge in [-0.3, -0.25) is 14.7 Å². The smallest absolute Gasteiger partial charge is 0.271 e. The molecular formula is C15H20N4O3S. The molecule has 3 N–H and O–H groups in total. The summed E-state index contributed by atoms with van der Waals surface area (Å²) in [7, 11) is 1.53. The number of H-pyrrole nitrogens is 1. The Hall–Kier alpha value is -2.35. The minimum Gasteiger partial charge on any atom is -0.492 e. The zero-order valence-corrected chi connectivity index (χ0v) is 14.2. The summed E-state index contributed by atoms with van der Waals surface area (Å²) in [6.45, 7) is 4.35. The first-order chi connectivity index (χ1) is 11.1. The largest absolute Gasteiger partial charge is 0.492 e. The molecule has 0 spiro atoms. The number of anilines is 1. The molecule has 0 aliphatic carbocycles. The number of nitrogens with zero attached hydrogens (tertiary/aromatic N) is 1. The topological polar surface area (TPSA) is 96.1 Å². The van der Waals surface area contributed by atoms with Crippen molar-refractivity contribution in [3.05, 3.63) is 27.7 Å². The molecule has 0 aliphatic heterocycles. The number of hydrogen-bond donors (Lipinski definition) is 3. The Kier molecular flexibility index (Phi) is 5.75. The van der Waals surface area contributed by atoms with Crippen LogP contribution >= 0.6 is 11.3 Å². The summed E-state index contributed by atoms with van der Waals surface area (Å²) >= 11 is 1.29. The standard InChI is InChI=1S/C15H20N4O3S/c1-4-6-9-11(12(19-18-9)14(20)16-3)17-15(21)13-10(22-5-2)7-8-23-13/h7-8H,4-6H2,1-3H3,(H,16,20)(H,17,21)(H,18,19). The highest BCUT2D eigenvalue weighted by atomic mass is 32.1. The van der Waals surface area contributed by atoms with Gasteiger partial charge in [-0.1, -0.05) is 13.3 Å². The monoisotopic (exact) mass is 336 g/mol. The quantitative estimate of drug-likeness (QED) is 0.723. The Morgan fingerprint density at radius 3 is 2.78 bits per heavy atom. The summed E-state index contributed by atoms with van der Waals surface area (Å²) in [6.07, 6.45) is 1.51. The van der Waals surface area contributed by atoms with E-state index in [0.717, 1.165) is 6.42 Å². The van der Waals surface area contributed by atoms with Crippen molar-refractivity contribution in [1.29, 1.82) is 0 Å². The Morgan fingerprint density at radius 1 is 1.35 bits per heavy atom. The third kappa shape index (κ3) is 3.70. The van der Waals surface area contributed by atoms with Gasteiger partial charge in [0.25, 0.3) is 11.8 Å². The number of nitrogens with one attached hydrogen (secondary N) is 3. The molecule has 0 fully saturated rings. The molecule has 0 radical (unpaired) electrons. The van der Waals surface area contributed by atoms with Gasteiger partial charge in [0.2, 0.25) is 0 Å². The summed E-state index contributed by atoms with van der Waals surface area (Å²) < 4.78 is 5.44. The van der Waals surface area contributed by atoms with E-state index in [1.807, 2.05) is 13.8 Å². The molecule has 0 bridgehead atoms. The van der Waals surface area contributed by atoms with Crippen molar-refractivity contribution >= 4 is 28.8 Å². The van der Waals surface area contributed by atoms with E-state index in [9.17, 15) is 9.59 Å². The van der Waals surface area contributed by atoms with E-state index >= 15 is 0 Å². The second-order valence-electron chi connectivity index (χ2n) is 4.75. The second-order valence-corrected chi connectivity index (χ2v) is 5.67. The average Bonchev–Trinajstić information content (AvgIpc) is 3.15. The van der Waals surface area contributed by atoms with Gasteiger partial charge in [-0.25, -0.2) is 0 Å². The molecule has 0 aromatic carbocycles. The fourth-order valence-corrected chi connectivity index (χ4v) is 2.85. The molecule has 2 aromatic rings. The van der Waals surface area contributed by atoms with Crippen LogP contribution in [0.5, 0.6) is 5.75 Å². The van der Waals surface area contributed by atoms with Crippen molar-refractivity contribution in [2.45, 2.75) is 26.7 Å². The van der Waals surface area contributed by atoms with Gasteiger partial charge >= 0.3 is 0 Å². The van der Waals surface area contributed by atoms with Gasteiger partial charge in [0.15, 0.2) is 0 Å². The van der Waals surface area contributed by atoms with Crippen LogP contribution in [0.25, 0.3) is 0 Å². The molecule has 0 atom stereocenters. The number of carbonyl (C=O) groups is 2. The summed E-state index contributed by atoms with van der Waals surface area (Å²) in [4.78, 5) is 24.9. The highest BCUT2D eigenvalue weighted by Crippen LogP contribution is 2.27. The molecule has 124 valence electrons. The Labute approximate surface area is 138 Å². The Balaban J connectivity index is 2.30. The van der Waals surface area contributed by atoms with Gasteiger partial charge in [-0.05, 0) is 24.8 Å². The Bertz CT molecular complexity index is 693. The summed E-state index contributed by atoms with van der Waals surface area (Å²) in [5, 5.41) is 14.0. The first kappa shape index (κ1) is 17.0. The highest BCUT2D eigenvalue weighted by Gasteiger charge is 2.22. The van der Waals surface area contributed by atoms with Crippen molar-refractivity contribution in [1.82, 2.24) is 15.5 Å². The maximum Gasteiger partial charge on any atom is 0.271 e. The van der Waals surface area contributed by atoms with Crippen LogP contribution in [0.2, 0.25) is 0 Å². The predicted octanol–water partition coefficient (Wildman–Crippen LogP) is 2.43. The zero-order valence-electron chi connectivity index (χ0n) is 13.4. The SMILES string of the molecule is CCCc1n[nH]c(C(=O)NC)c1NC(=O)c1sccc1OCC. The maximum absolute atomic E-state index is 12.5. The molecule has 2 aromatic heterocycles. The van der Waals surface area contributed by atoms with Crippen LogP contribution in [0, 0.1) is 0 Å². The molecule has 0 saturated heterocycles. The lowest BCUT2D eigenvalue weighted by Gasteiger charge is -2.08. The number of ether oxygens (including phenoxy) is 1. The number of aromatic amines is 1. The molecular weight excluding hydrogens is 316 g/mol. The third-order valence-electron chi connectivity index (χ3n) is 3.16. The minimum absolute atomic E-state index is 0.249. The number of carbonyl (C=O) groups excluding carboxylic acids is 2. The van der Waals surface area contributed by atoms with Crippen molar-refractivity contribution in [3.8, 4) is 5.75 Å². The molecule has 0 unspecified atom stereocenters. The van der Waals surface area contributed by atoms with E-state index in [2.05, 4.69) is 20.8 Å². The molecule has 2 heterocycles. The zero-order chi connectivity index (χ0) is 16.8. The van der Waals surface area contributed by atoms with E-state index in [4.69, 9.17) is 4.74 Å². The number of hydrogen-bond acceptors (Lipinski definition) is 5. The lowest BCUT2D eigenvalue weighted by Crippen LogP contribution is -2.21. The van der Waals surface area contributed by atoms with Gasteiger partial charge in [0.05, 0.1) is 18.0 Å². The van der Waals surface area contributed by atoms with Gasteiger partial charge < -0.3 is 15.4 Å². The number of thiophene rings is 1. The van der Waals surface area contributed by atoms with Crippen molar-refractivity contribution < 1.29 is 14.3 Å². The fourth-order valence-electron chi connectivity index (χ4n) is 2.12. The third-order valence-corrected chi connectivity index (χ3v) is 4.05. The van der Waals surface area contributed by atoms with Crippen LogP contribution in [0.4, 0.5) is 5.69 Å². The number of rotatable bonds is 7. The van der Waals surface area contributed by atoms with Crippen molar-refractivity contribution in [2.24, 2.45) is 0 Å². The number of amides is 2. The highest BCUT2D eigenvalue weighted by molar-refractivity contribution is 7.12. The Morgan fingerprint density at radius 2 is 2.13 bits per heavy atom. The lowest BCUT2D eigenvalue weighted by atomic mass is 10.2. The predicted molar refractivity (Wildman–Crippen MR) is 89.4 cm³/mol. The molecule has 0 aliphatic rings. The number of aromatic nitrogens is 2. The summed E-state index contributed by atoms with van der Waals surface area (Å²) in [5.41, 5.74) is 1.33. The normalized spacial score (nSPS) is 10.4. The van der Waals surface area contributed by atoms with Crippen LogP contribution in [0.1, 0.15) is 46.1 Å². The molecule has 2 amide bonds. The van der Waals surface area contributed by atoms with Crippen molar-refractivity contribution in [2.75, 3.05) is 19.0 Å². The first-order valence-electron chi connectivity index (χ1n) is 7.43.